The van der Waals surface area contributed by atoms with Crippen molar-refractivity contribution in [3.63, 3.8) is 0 Å². The Morgan fingerprint density at radius 2 is 1.55 bits per heavy atom. The summed E-state index contributed by atoms with van der Waals surface area (Å²) in [6, 6.07) is 21.5. The molecule has 0 aliphatic rings. The maximum Gasteiger partial charge on any atom is 0.408 e. The highest BCUT2D eigenvalue weighted by Gasteiger charge is 2.31. The summed E-state index contributed by atoms with van der Waals surface area (Å²) in [6.07, 6.45) is -0.236. The third-order valence-electron chi connectivity index (χ3n) is 6.82. The van der Waals surface area contributed by atoms with Crippen LogP contribution in [0.4, 0.5) is 4.79 Å². The number of carbonyl (C=O) groups excluding carboxylic acids is 5. The molecule has 3 aromatic rings. The molecule has 9 heteroatoms. The SMILES string of the molecule is CC[C@H](C)C(NC(=O)OCc1ccccc1)C(=O)C(=O)NCC(=O)C[C@@H](Cc1ccc2ccccc2c1)C(N)=O. The minimum Gasteiger partial charge on any atom is -0.445 e. The number of nitrogens with two attached hydrogens (primary N) is 1. The minimum absolute atomic E-state index is 0.00895. The van der Waals surface area contributed by atoms with Crippen molar-refractivity contribution < 1.29 is 28.7 Å². The van der Waals surface area contributed by atoms with E-state index in [0.717, 1.165) is 21.9 Å². The van der Waals surface area contributed by atoms with Crippen molar-refractivity contribution in [2.45, 2.75) is 45.8 Å². The molecule has 0 spiro atoms. The fourth-order valence-corrected chi connectivity index (χ4v) is 4.27. The van der Waals surface area contributed by atoms with Crippen LogP contribution < -0.4 is 16.4 Å². The maximum absolute atomic E-state index is 12.9. The van der Waals surface area contributed by atoms with Gasteiger partial charge in [0.05, 0.1) is 6.54 Å². The Morgan fingerprint density at radius 1 is 0.875 bits per heavy atom. The normalized spacial score (nSPS) is 13.1. The zero-order valence-corrected chi connectivity index (χ0v) is 22.7. The van der Waals surface area contributed by atoms with Gasteiger partial charge in [-0.25, -0.2) is 4.79 Å². The number of Topliss-reactive ketones (excluding diaryl/α,β-unsaturated/α-hetero) is 2. The van der Waals surface area contributed by atoms with E-state index in [4.69, 9.17) is 10.5 Å². The molecular weight excluding hydrogens is 510 g/mol. The summed E-state index contributed by atoms with van der Waals surface area (Å²) in [5.41, 5.74) is 7.19. The van der Waals surface area contributed by atoms with Gasteiger partial charge in [-0.05, 0) is 34.2 Å². The van der Waals surface area contributed by atoms with Gasteiger partial charge in [0.15, 0.2) is 5.78 Å². The number of rotatable bonds is 14. The monoisotopic (exact) mass is 545 g/mol. The number of benzene rings is 3. The van der Waals surface area contributed by atoms with Gasteiger partial charge in [0.25, 0.3) is 5.91 Å². The highest BCUT2D eigenvalue weighted by molar-refractivity contribution is 6.38. The summed E-state index contributed by atoms with van der Waals surface area (Å²) < 4.78 is 5.19. The fourth-order valence-electron chi connectivity index (χ4n) is 4.27. The van der Waals surface area contributed by atoms with Crippen LogP contribution >= 0.6 is 0 Å². The first-order valence-electron chi connectivity index (χ1n) is 13.3. The van der Waals surface area contributed by atoms with E-state index in [1.54, 1.807) is 19.1 Å². The predicted octanol–water partition coefficient (Wildman–Crippen LogP) is 3.47. The highest BCUT2D eigenvalue weighted by atomic mass is 16.5. The van der Waals surface area contributed by atoms with Crippen LogP contribution in [-0.4, -0.2) is 42.1 Å². The average molecular weight is 546 g/mol. The number of ketones is 2. The molecule has 0 aliphatic heterocycles. The van der Waals surface area contributed by atoms with Crippen molar-refractivity contribution in [2.24, 2.45) is 17.6 Å². The molecule has 3 atom stereocenters. The number of primary amides is 1. The summed E-state index contributed by atoms with van der Waals surface area (Å²) in [5, 5.41) is 6.86. The summed E-state index contributed by atoms with van der Waals surface area (Å²) >= 11 is 0. The lowest BCUT2D eigenvalue weighted by Crippen LogP contribution is -2.51. The molecule has 3 rings (SSSR count). The lowest BCUT2D eigenvalue weighted by atomic mass is 9.92. The highest BCUT2D eigenvalue weighted by Crippen LogP contribution is 2.19. The molecule has 0 aromatic heterocycles. The third kappa shape index (κ3) is 8.76. The average Bonchev–Trinajstić information content (AvgIpc) is 2.96. The van der Waals surface area contributed by atoms with Crippen molar-refractivity contribution in [1.29, 1.82) is 0 Å². The van der Waals surface area contributed by atoms with Gasteiger partial charge in [0.1, 0.15) is 12.6 Å². The van der Waals surface area contributed by atoms with E-state index in [-0.39, 0.29) is 25.4 Å². The van der Waals surface area contributed by atoms with Crippen molar-refractivity contribution in [3.8, 4) is 0 Å². The molecule has 210 valence electrons. The van der Waals surface area contributed by atoms with Gasteiger partial charge < -0.3 is 21.1 Å². The number of fused-ring (bicyclic) bond motifs is 1. The van der Waals surface area contributed by atoms with Gasteiger partial charge >= 0.3 is 6.09 Å². The van der Waals surface area contributed by atoms with Gasteiger partial charge in [-0.3, -0.25) is 19.2 Å². The molecule has 0 saturated carbocycles. The second-order valence-corrected chi connectivity index (χ2v) is 9.84. The Morgan fingerprint density at radius 3 is 2.23 bits per heavy atom. The zero-order valence-electron chi connectivity index (χ0n) is 22.7. The summed E-state index contributed by atoms with van der Waals surface area (Å²) in [6.45, 7) is 3.11. The molecule has 1 unspecified atom stereocenters. The Labute approximate surface area is 233 Å². The molecule has 0 radical (unpaired) electrons. The zero-order chi connectivity index (χ0) is 29.1. The van der Waals surface area contributed by atoms with E-state index in [1.165, 1.54) is 0 Å². The first-order chi connectivity index (χ1) is 19.2. The van der Waals surface area contributed by atoms with Gasteiger partial charge in [0, 0.05) is 12.3 Å². The van der Waals surface area contributed by atoms with Crippen LogP contribution in [0.3, 0.4) is 0 Å². The lowest BCUT2D eigenvalue weighted by Gasteiger charge is -2.22. The van der Waals surface area contributed by atoms with E-state index in [2.05, 4.69) is 10.6 Å². The molecule has 3 amide bonds. The van der Waals surface area contributed by atoms with E-state index in [9.17, 15) is 24.0 Å². The summed E-state index contributed by atoms with van der Waals surface area (Å²) in [5.74, 6) is -4.09. The second kappa shape index (κ2) is 14.6. The number of hydrogen-bond acceptors (Lipinski definition) is 6. The van der Waals surface area contributed by atoms with Crippen molar-refractivity contribution in [2.75, 3.05) is 6.54 Å². The van der Waals surface area contributed by atoms with Crippen LogP contribution in [0.1, 0.15) is 37.8 Å². The molecule has 0 fully saturated rings. The van der Waals surface area contributed by atoms with Crippen LogP contribution in [-0.2, 0) is 36.9 Å². The molecule has 3 aromatic carbocycles. The van der Waals surface area contributed by atoms with E-state index < -0.39 is 48.0 Å². The molecular formula is C31H35N3O6. The minimum atomic E-state index is -1.13. The van der Waals surface area contributed by atoms with Crippen LogP contribution in [0, 0.1) is 11.8 Å². The number of ether oxygens (including phenoxy) is 1. The van der Waals surface area contributed by atoms with Gasteiger partial charge in [0.2, 0.25) is 11.7 Å². The van der Waals surface area contributed by atoms with Gasteiger partial charge in [-0.15, -0.1) is 0 Å². The summed E-state index contributed by atoms with van der Waals surface area (Å²) in [7, 11) is 0. The molecule has 0 heterocycles. The Hall–Kier alpha value is -4.53. The molecule has 9 nitrogen and oxygen atoms in total. The van der Waals surface area contributed by atoms with Crippen molar-refractivity contribution >= 4 is 40.2 Å². The maximum atomic E-state index is 12.9. The number of alkyl carbamates (subject to hydrolysis) is 1. The molecule has 40 heavy (non-hydrogen) atoms. The standard InChI is InChI=1S/C31H35N3O6/c1-3-20(2)27(34-31(39)40-19-21-9-5-4-6-10-21)28(36)30(38)33-18-26(35)17-25(29(32)37)16-22-13-14-23-11-7-8-12-24(23)15-22/h4-15,20,25,27H,3,16-19H2,1-2H3,(H2,32,37)(H,33,38)(H,34,39)/t20-,25+,27?/m0/s1. The second-order valence-electron chi connectivity index (χ2n) is 9.84. The van der Waals surface area contributed by atoms with E-state index in [1.807, 2.05) is 67.6 Å². The quantitative estimate of drug-likeness (QED) is 0.265. The molecule has 4 N–H and O–H groups in total. The number of hydrogen-bond donors (Lipinski definition) is 3. The molecule has 0 bridgehead atoms. The lowest BCUT2D eigenvalue weighted by molar-refractivity contribution is -0.140. The number of nitrogens with one attached hydrogen (secondary N) is 2. The Bertz CT molecular complexity index is 1360. The van der Waals surface area contributed by atoms with Crippen LogP contribution in [0.25, 0.3) is 10.8 Å². The van der Waals surface area contributed by atoms with Crippen molar-refractivity contribution in [3.05, 3.63) is 83.9 Å². The van der Waals surface area contributed by atoms with Crippen molar-refractivity contribution in [1.82, 2.24) is 10.6 Å². The fraction of sp³-hybridized carbons (Fsp3) is 0.323. The van der Waals surface area contributed by atoms with Crippen LogP contribution in [0.15, 0.2) is 72.8 Å². The smallest absolute Gasteiger partial charge is 0.408 e. The molecule has 0 saturated heterocycles. The Kier molecular flexibility index (Phi) is 10.9. The summed E-state index contributed by atoms with van der Waals surface area (Å²) in [4.78, 5) is 62.5. The topological polar surface area (TPSA) is 145 Å². The molecule has 0 aliphatic carbocycles. The number of carbonyl (C=O) groups is 5. The van der Waals surface area contributed by atoms with Gasteiger partial charge in [-0.2, -0.15) is 0 Å². The van der Waals surface area contributed by atoms with Crippen LogP contribution in [0.5, 0.6) is 0 Å². The predicted molar refractivity (Wildman–Crippen MR) is 151 cm³/mol. The largest absolute Gasteiger partial charge is 0.445 e. The van der Waals surface area contributed by atoms with Gasteiger partial charge in [-0.1, -0.05) is 93.1 Å². The van der Waals surface area contributed by atoms with Crippen LogP contribution in [0.2, 0.25) is 0 Å². The third-order valence-corrected chi connectivity index (χ3v) is 6.82. The number of amides is 3. The first-order valence-corrected chi connectivity index (χ1v) is 13.3. The van der Waals surface area contributed by atoms with E-state index in [0.29, 0.717) is 6.42 Å². The first kappa shape index (κ1) is 30.0. The Balaban J connectivity index is 1.53. The van der Waals surface area contributed by atoms with E-state index >= 15 is 0 Å².